The third-order valence-corrected chi connectivity index (χ3v) is 3.55. The first-order valence-corrected chi connectivity index (χ1v) is 6.78. The van der Waals surface area contributed by atoms with Crippen molar-refractivity contribution < 1.29 is 15.0 Å². The van der Waals surface area contributed by atoms with Gasteiger partial charge >= 0.3 is 11.0 Å². The molecule has 1 atom stereocenters. The highest BCUT2D eigenvalue weighted by molar-refractivity contribution is 5.79. The molecule has 2 aromatic rings. The van der Waals surface area contributed by atoms with Crippen molar-refractivity contribution in [2.45, 2.75) is 18.9 Å². The quantitative estimate of drug-likeness (QED) is 0.704. The van der Waals surface area contributed by atoms with Gasteiger partial charge in [0.2, 0.25) is 5.91 Å². The number of rotatable bonds is 5. The van der Waals surface area contributed by atoms with Gasteiger partial charge in [-0.15, -0.1) is 5.10 Å². The Morgan fingerprint density at radius 1 is 1.41 bits per heavy atom. The summed E-state index contributed by atoms with van der Waals surface area (Å²) in [5, 5.41) is 14.4. The van der Waals surface area contributed by atoms with E-state index in [-0.39, 0.29) is 24.3 Å². The van der Waals surface area contributed by atoms with Crippen LogP contribution in [0.25, 0.3) is 0 Å². The number of aromatic amines is 1. The average Bonchev–Trinajstić information content (AvgIpc) is 3.07. The Bertz CT molecular complexity index is 686. The van der Waals surface area contributed by atoms with E-state index in [1.165, 1.54) is 0 Å². The maximum absolute atomic E-state index is 12.1. The monoisotopic (exact) mass is 303 g/mol. The Kier molecular flexibility index (Phi) is 3.69. The summed E-state index contributed by atoms with van der Waals surface area (Å²) < 4.78 is 0. The van der Waals surface area contributed by atoms with Gasteiger partial charge in [0.05, 0.1) is 6.54 Å². The first-order chi connectivity index (χ1) is 10.6. The maximum Gasteiger partial charge on any atom is 0.362 e. The number of hydrogen-bond donors (Lipinski definition) is 3. The molecule has 1 saturated heterocycles. The van der Waals surface area contributed by atoms with Gasteiger partial charge in [-0.1, -0.05) is 30.3 Å². The molecular weight excluding hydrogens is 288 g/mol. The Balaban J connectivity index is 1.65. The van der Waals surface area contributed by atoms with E-state index in [9.17, 15) is 9.70 Å². The highest BCUT2D eigenvalue weighted by Gasteiger charge is 2.31. The lowest BCUT2D eigenvalue weighted by molar-refractivity contribution is -0.770. The summed E-state index contributed by atoms with van der Waals surface area (Å²) in [4.78, 5) is 28.2. The maximum atomic E-state index is 12.1. The van der Waals surface area contributed by atoms with Crippen LogP contribution in [0.15, 0.2) is 30.3 Å². The minimum Gasteiger partial charge on any atom is -0.335 e. The average molecular weight is 303 g/mol. The van der Waals surface area contributed by atoms with Crippen molar-refractivity contribution in [3.05, 3.63) is 46.6 Å². The first-order valence-electron chi connectivity index (χ1n) is 6.78. The minimum atomic E-state index is -0.487. The number of benzene rings is 1. The van der Waals surface area contributed by atoms with Crippen molar-refractivity contribution in [2.24, 2.45) is 0 Å². The molecule has 1 aromatic heterocycles. The number of hydrogen-bond acceptors (Lipinski definition) is 4. The Morgan fingerprint density at radius 3 is 2.91 bits per heavy atom. The van der Waals surface area contributed by atoms with Crippen LogP contribution in [0.5, 0.6) is 0 Å². The van der Waals surface area contributed by atoms with E-state index in [0.29, 0.717) is 18.8 Å². The Labute approximate surface area is 125 Å². The van der Waals surface area contributed by atoms with Crippen molar-refractivity contribution in [1.82, 2.24) is 20.1 Å². The number of carbonyl (C=O) groups excluding carboxylic acids is 1. The fourth-order valence-corrected chi connectivity index (χ4v) is 2.56. The molecule has 1 unspecified atom stereocenters. The topological polar surface area (TPSA) is 114 Å². The summed E-state index contributed by atoms with van der Waals surface area (Å²) in [6, 6.07) is 9.90. The van der Waals surface area contributed by atoms with Crippen LogP contribution in [0.3, 0.4) is 0 Å². The van der Waals surface area contributed by atoms with Gasteiger partial charge in [-0.3, -0.25) is 9.89 Å². The number of nitrogens with one attached hydrogen (secondary N) is 2. The van der Waals surface area contributed by atoms with Crippen molar-refractivity contribution >= 4 is 11.9 Å². The zero-order valence-electron chi connectivity index (χ0n) is 11.6. The van der Waals surface area contributed by atoms with Gasteiger partial charge in [-0.2, -0.15) is 4.98 Å². The molecule has 1 amide bonds. The molecule has 2 heterocycles. The highest BCUT2D eigenvalue weighted by atomic mass is 16.7. The van der Waals surface area contributed by atoms with Gasteiger partial charge in [0, 0.05) is 18.9 Å². The number of likely N-dealkylation sites (tertiary alicyclic amines) is 1. The lowest BCUT2D eigenvalue weighted by Gasteiger charge is -2.14. The predicted molar refractivity (Wildman–Crippen MR) is 74.6 cm³/mol. The summed E-state index contributed by atoms with van der Waals surface area (Å²) in [6.45, 7) is 0.890. The van der Waals surface area contributed by atoms with Crippen LogP contribution in [0.4, 0.5) is 5.95 Å². The molecule has 9 heteroatoms. The third-order valence-electron chi connectivity index (χ3n) is 3.55. The van der Waals surface area contributed by atoms with Crippen LogP contribution in [-0.2, 0) is 11.3 Å². The van der Waals surface area contributed by atoms with E-state index >= 15 is 0 Å². The van der Waals surface area contributed by atoms with Crippen LogP contribution in [-0.4, -0.2) is 42.8 Å². The van der Waals surface area contributed by atoms with E-state index in [1.807, 2.05) is 35.8 Å². The SMILES string of the molecule is O=C1CC(c2ccccc2)CN1Cc1nc(N[N+](=O)O)n[nH]1. The van der Waals surface area contributed by atoms with Crippen LogP contribution >= 0.6 is 0 Å². The molecule has 22 heavy (non-hydrogen) atoms. The number of anilines is 1. The summed E-state index contributed by atoms with van der Waals surface area (Å²) in [7, 11) is 0. The molecule has 0 saturated carbocycles. The molecule has 1 fully saturated rings. The standard InChI is InChI=1S/C13H15N6O3/c20-12-6-10(9-4-2-1-3-5-9)7-18(12)8-11-14-13(16-15-11)17-19(21)22/h1-5,10H,6-8H2,(H,21,22)(H2,14,15,16,17)/q+1. The molecular formula is C13H15N6O3+. The molecule has 114 valence electrons. The summed E-state index contributed by atoms with van der Waals surface area (Å²) in [5.74, 6) is 0.598. The van der Waals surface area contributed by atoms with Crippen molar-refractivity contribution in [3.8, 4) is 0 Å². The molecule has 3 rings (SSSR count). The molecule has 0 radical (unpaired) electrons. The van der Waals surface area contributed by atoms with E-state index < -0.39 is 5.03 Å². The predicted octanol–water partition coefficient (Wildman–Crippen LogP) is 0.816. The smallest absolute Gasteiger partial charge is 0.335 e. The molecule has 0 spiro atoms. The third kappa shape index (κ3) is 3.03. The number of hydrazine groups is 1. The largest absolute Gasteiger partial charge is 0.362 e. The number of carbonyl (C=O) groups is 1. The van der Waals surface area contributed by atoms with Gasteiger partial charge < -0.3 is 4.90 Å². The van der Waals surface area contributed by atoms with Gasteiger partial charge in [0.25, 0.3) is 0 Å². The second kappa shape index (κ2) is 5.80. The second-order valence-electron chi connectivity index (χ2n) is 5.08. The number of nitrogens with zero attached hydrogens (tertiary/aromatic N) is 4. The first kappa shape index (κ1) is 14.0. The summed E-state index contributed by atoms with van der Waals surface area (Å²) >= 11 is 0. The fourth-order valence-electron chi connectivity index (χ4n) is 2.56. The van der Waals surface area contributed by atoms with Crippen LogP contribution in [0, 0.1) is 4.91 Å². The molecule has 9 nitrogen and oxygen atoms in total. The number of amides is 1. The van der Waals surface area contributed by atoms with Gasteiger partial charge in [-0.25, -0.2) is 5.21 Å². The summed E-state index contributed by atoms with van der Waals surface area (Å²) in [6.07, 6.45) is 0.467. The van der Waals surface area contributed by atoms with Gasteiger partial charge in [-0.05, 0) is 11.0 Å². The normalized spacial score (nSPS) is 17.7. The van der Waals surface area contributed by atoms with Crippen molar-refractivity contribution in [2.75, 3.05) is 12.0 Å². The summed E-state index contributed by atoms with van der Waals surface area (Å²) in [5.41, 5.74) is 3.11. The molecule has 0 aliphatic carbocycles. The van der Waals surface area contributed by atoms with E-state index in [2.05, 4.69) is 15.2 Å². The molecule has 0 bridgehead atoms. The molecule has 1 aliphatic rings. The lowest BCUT2D eigenvalue weighted by Crippen LogP contribution is -2.25. The van der Waals surface area contributed by atoms with E-state index in [1.54, 1.807) is 4.90 Å². The number of H-pyrrole nitrogens is 1. The highest BCUT2D eigenvalue weighted by Crippen LogP contribution is 2.28. The Morgan fingerprint density at radius 2 is 2.18 bits per heavy atom. The van der Waals surface area contributed by atoms with E-state index in [0.717, 1.165) is 5.56 Å². The van der Waals surface area contributed by atoms with Crippen LogP contribution < -0.4 is 5.43 Å². The van der Waals surface area contributed by atoms with Crippen LogP contribution in [0.1, 0.15) is 23.7 Å². The van der Waals surface area contributed by atoms with Crippen LogP contribution in [0.2, 0.25) is 0 Å². The zero-order valence-corrected chi connectivity index (χ0v) is 11.6. The fraction of sp³-hybridized carbons (Fsp3) is 0.308. The van der Waals surface area contributed by atoms with Crippen molar-refractivity contribution in [1.29, 1.82) is 0 Å². The van der Waals surface area contributed by atoms with Gasteiger partial charge in [0.15, 0.2) is 0 Å². The number of aromatic nitrogens is 3. The van der Waals surface area contributed by atoms with Gasteiger partial charge in [0.1, 0.15) is 10.7 Å². The lowest BCUT2D eigenvalue weighted by atomic mass is 9.99. The Hall–Kier alpha value is -2.97. The molecule has 3 N–H and O–H groups in total. The molecule has 1 aliphatic heterocycles. The second-order valence-corrected chi connectivity index (χ2v) is 5.08. The molecule has 1 aromatic carbocycles. The van der Waals surface area contributed by atoms with Crippen molar-refractivity contribution in [3.63, 3.8) is 0 Å². The zero-order chi connectivity index (χ0) is 15.5. The van der Waals surface area contributed by atoms with E-state index in [4.69, 9.17) is 5.21 Å². The minimum absolute atomic E-state index is 0.0485.